The number of ether oxygens (including phenoxy) is 3. The van der Waals surface area contributed by atoms with E-state index in [4.69, 9.17) is 25.8 Å². The van der Waals surface area contributed by atoms with E-state index in [-0.39, 0.29) is 17.6 Å². The molecule has 0 radical (unpaired) electrons. The summed E-state index contributed by atoms with van der Waals surface area (Å²) in [5, 5.41) is 11.7. The molecule has 3 aromatic rings. The molecule has 1 N–H and O–H groups in total. The van der Waals surface area contributed by atoms with E-state index in [1.54, 1.807) is 50.1 Å². The molecule has 0 spiro atoms. The fourth-order valence-corrected chi connectivity index (χ4v) is 3.28. The quantitative estimate of drug-likeness (QED) is 0.614. The summed E-state index contributed by atoms with van der Waals surface area (Å²) in [4.78, 5) is 12.9. The third-order valence-corrected chi connectivity index (χ3v) is 4.93. The molecule has 8 nitrogen and oxygen atoms in total. The number of hydrogen-bond acceptors (Lipinski definition) is 6. The lowest BCUT2D eigenvalue weighted by molar-refractivity contribution is 0.0934. The number of nitrogens with one attached hydrogen (secondary N) is 1. The van der Waals surface area contributed by atoms with Crippen LogP contribution in [0.3, 0.4) is 0 Å². The van der Waals surface area contributed by atoms with E-state index in [2.05, 4.69) is 15.6 Å². The van der Waals surface area contributed by atoms with Crippen LogP contribution in [0.2, 0.25) is 5.02 Å². The molecule has 0 saturated carbocycles. The first-order valence-corrected chi connectivity index (χ1v) is 9.56. The van der Waals surface area contributed by atoms with Crippen LogP contribution in [0, 0.1) is 6.92 Å². The molecule has 158 valence electrons. The Balaban J connectivity index is 1.85. The van der Waals surface area contributed by atoms with Crippen LogP contribution in [0.15, 0.2) is 36.4 Å². The standard InChI is InChI=1S/C21H23ClN4O4/c1-12(14-9-17(28-3)20(30-5)18(10-14)29-4)23-21(27)19-13(2)26(25-24-19)16-8-6-7-15(22)11-16/h6-12H,1-5H3,(H,23,27). The van der Waals surface area contributed by atoms with Crippen molar-refractivity contribution in [3.05, 3.63) is 58.4 Å². The molecule has 1 unspecified atom stereocenters. The zero-order chi connectivity index (χ0) is 21.8. The van der Waals surface area contributed by atoms with Crippen molar-refractivity contribution in [3.8, 4) is 22.9 Å². The first-order chi connectivity index (χ1) is 14.4. The molecule has 9 heteroatoms. The van der Waals surface area contributed by atoms with Crippen LogP contribution in [0.1, 0.15) is 34.7 Å². The van der Waals surface area contributed by atoms with Crippen LogP contribution in [-0.4, -0.2) is 42.2 Å². The largest absolute Gasteiger partial charge is 0.493 e. The average molecular weight is 431 g/mol. The Labute approximate surface area is 179 Å². The number of rotatable bonds is 7. The molecule has 0 fully saturated rings. The van der Waals surface area contributed by atoms with Crippen molar-refractivity contribution in [1.82, 2.24) is 20.3 Å². The summed E-state index contributed by atoms with van der Waals surface area (Å²) in [6, 6.07) is 10.4. The summed E-state index contributed by atoms with van der Waals surface area (Å²) in [5.74, 6) is 1.16. The third-order valence-electron chi connectivity index (χ3n) is 4.70. The molecule has 1 amide bonds. The van der Waals surface area contributed by atoms with E-state index in [9.17, 15) is 4.79 Å². The van der Waals surface area contributed by atoms with Gasteiger partial charge in [-0.05, 0) is 49.7 Å². The number of carbonyl (C=O) groups excluding carboxylic acids is 1. The van der Waals surface area contributed by atoms with Crippen molar-refractivity contribution in [3.63, 3.8) is 0 Å². The number of halogens is 1. The van der Waals surface area contributed by atoms with Gasteiger partial charge >= 0.3 is 0 Å². The second kappa shape index (κ2) is 9.04. The monoisotopic (exact) mass is 430 g/mol. The van der Waals surface area contributed by atoms with Gasteiger partial charge in [0, 0.05) is 5.02 Å². The maximum Gasteiger partial charge on any atom is 0.274 e. The molecule has 3 rings (SSSR count). The molecule has 1 aromatic heterocycles. The number of nitrogens with zero attached hydrogens (tertiary/aromatic N) is 3. The van der Waals surface area contributed by atoms with E-state index in [1.165, 1.54) is 7.11 Å². The van der Waals surface area contributed by atoms with E-state index in [0.717, 1.165) is 11.3 Å². The molecule has 0 aliphatic carbocycles. The van der Waals surface area contributed by atoms with Crippen LogP contribution in [0.4, 0.5) is 0 Å². The first kappa shape index (κ1) is 21.4. The minimum absolute atomic E-state index is 0.231. The Morgan fingerprint density at radius 1 is 1.10 bits per heavy atom. The summed E-state index contributed by atoms with van der Waals surface area (Å²) < 4.78 is 17.7. The van der Waals surface area contributed by atoms with Gasteiger partial charge in [0.15, 0.2) is 17.2 Å². The molecular weight excluding hydrogens is 408 g/mol. The average Bonchev–Trinajstić information content (AvgIpc) is 3.13. The highest BCUT2D eigenvalue weighted by Gasteiger charge is 2.22. The number of aromatic nitrogens is 3. The SMILES string of the molecule is COc1cc(C(C)NC(=O)c2nnn(-c3cccc(Cl)c3)c2C)cc(OC)c1OC. The molecule has 0 bridgehead atoms. The lowest BCUT2D eigenvalue weighted by Gasteiger charge is -2.18. The van der Waals surface area contributed by atoms with Gasteiger partial charge in [-0.25, -0.2) is 4.68 Å². The number of hydrogen-bond donors (Lipinski definition) is 1. The predicted molar refractivity (Wildman–Crippen MR) is 113 cm³/mol. The Morgan fingerprint density at radius 2 is 1.77 bits per heavy atom. The first-order valence-electron chi connectivity index (χ1n) is 9.18. The van der Waals surface area contributed by atoms with Crippen molar-refractivity contribution in [2.75, 3.05) is 21.3 Å². The predicted octanol–water partition coefficient (Wildman–Crippen LogP) is 3.75. The van der Waals surface area contributed by atoms with Gasteiger partial charge in [0.2, 0.25) is 5.75 Å². The van der Waals surface area contributed by atoms with Gasteiger partial charge in [0.25, 0.3) is 5.91 Å². The molecule has 30 heavy (non-hydrogen) atoms. The van der Waals surface area contributed by atoms with Crippen LogP contribution >= 0.6 is 11.6 Å². The molecule has 0 aliphatic heterocycles. The smallest absolute Gasteiger partial charge is 0.274 e. The van der Waals surface area contributed by atoms with Crippen molar-refractivity contribution in [2.45, 2.75) is 19.9 Å². The summed E-state index contributed by atoms with van der Waals surface area (Å²) in [5.41, 5.74) is 2.35. The molecule has 1 heterocycles. The van der Waals surface area contributed by atoms with Crippen LogP contribution in [0.5, 0.6) is 17.2 Å². The van der Waals surface area contributed by atoms with E-state index >= 15 is 0 Å². The summed E-state index contributed by atoms with van der Waals surface area (Å²) in [6.45, 7) is 3.63. The minimum atomic E-state index is -0.345. The van der Waals surface area contributed by atoms with E-state index in [1.807, 2.05) is 19.1 Å². The highest BCUT2D eigenvalue weighted by atomic mass is 35.5. The lowest BCUT2D eigenvalue weighted by atomic mass is 10.1. The van der Waals surface area contributed by atoms with Gasteiger partial charge < -0.3 is 19.5 Å². The van der Waals surface area contributed by atoms with Gasteiger partial charge in [-0.1, -0.05) is 22.9 Å². The zero-order valence-corrected chi connectivity index (χ0v) is 18.1. The molecule has 0 saturated heterocycles. The molecular formula is C21H23ClN4O4. The Kier molecular flexibility index (Phi) is 6.47. The Hall–Kier alpha value is -3.26. The number of methoxy groups -OCH3 is 3. The maximum atomic E-state index is 12.9. The zero-order valence-electron chi connectivity index (χ0n) is 17.4. The van der Waals surface area contributed by atoms with Gasteiger partial charge in [-0.15, -0.1) is 5.10 Å². The van der Waals surface area contributed by atoms with Gasteiger partial charge in [0.05, 0.1) is 38.8 Å². The topological polar surface area (TPSA) is 87.5 Å². The van der Waals surface area contributed by atoms with Crippen LogP contribution in [0.25, 0.3) is 5.69 Å². The van der Waals surface area contributed by atoms with E-state index in [0.29, 0.717) is 28.0 Å². The molecule has 2 aromatic carbocycles. The third kappa shape index (κ3) is 4.18. The summed E-state index contributed by atoms with van der Waals surface area (Å²) in [6.07, 6.45) is 0. The second-order valence-electron chi connectivity index (χ2n) is 6.57. The highest BCUT2D eigenvalue weighted by molar-refractivity contribution is 6.30. The number of carbonyl (C=O) groups is 1. The minimum Gasteiger partial charge on any atom is -0.493 e. The van der Waals surface area contributed by atoms with Crippen molar-refractivity contribution >= 4 is 17.5 Å². The number of amides is 1. The van der Waals surface area contributed by atoms with Crippen LogP contribution in [-0.2, 0) is 0 Å². The summed E-state index contributed by atoms with van der Waals surface area (Å²) >= 11 is 6.05. The summed E-state index contributed by atoms with van der Waals surface area (Å²) in [7, 11) is 4.63. The number of benzene rings is 2. The molecule has 0 aliphatic rings. The van der Waals surface area contributed by atoms with E-state index < -0.39 is 0 Å². The van der Waals surface area contributed by atoms with Crippen molar-refractivity contribution in [2.24, 2.45) is 0 Å². The van der Waals surface area contributed by atoms with Gasteiger partial charge in [-0.2, -0.15) is 0 Å². The maximum absolute atomic E-state index is 12.9. The van der Waals surface area contributed by atoms with Crippen molar-refractivity contribution in [1.29, 1.82) is 0 Å². The van der Waals surface area contributed by atoms with Gasteiger partial charge in [-0.3, -0.25) is 4.79 Å². The lowest BCUT2D eigenvalue weighted by Crippen LogP contribution is -2.27. The second-order valence-corrected chi connectivity index (χ2v) is 7.01. The fraction of sp³-hybridized carbons (Fsp3) is 0.286. The van der Waals surface area contributed by atoms with Crippen molar-refractivity contribution < 1.29 is 19.0 Å². The fourth-order valence-electron chi connectivity index (χ4n) is 3.09. The highest BCUT2D eigenvalue weighted by Crippen LogP contribution is 2.39. The Bertz CT molecular complexity index is 1040. The van der Waals surface area contributed by atoms with Crippen LogP contribution < -0.4 is 19.5 Å². The Morgan fingerprint density at radius 3 is 2.33 bits per heavy atom. The molecule has 1 atom stereocenters. The normalized spacial score (nSPS) is 11.7. The van der Waals surface area contributed by atoms with Gasteiger partial charge in [0.1, 0.15) is 0 Å².